The zero-order chi connectivity index (χ0) is 35.4. The molecule has 0 rings (SSSR count). The predicted molar refractivity (Wildman–Crippen MR) is 196 cm³/mol. The average molecular weight is 705 g/mol. The second-order valence-corrected chi connectivity index (χ2v) is 14.4. The van der Waals surface area contributed by atoms with E-state index in [1.54, 1.807) is 0 Å². The van der Waals surface area contributed by atoms with E-state index in [9.17, 15) is 19.4 Å². The first-order valence-electron chi connectivity index (χ1n) is 19.3. The maximum Gasteiger partial charge on any atom is 0.472 e. The summed E-state index contributed by atoms with van der Waals surface area (Å²) in [6.45, 7) is 3.43. The van der Waals surface area contributed by atoms with Crippen molar-refractivity contribution in [3.8, 4) is 0 Å². The lowest BCUT2D eigenvalue weighted by atomic mass is 10.0. The van der Waals surface area contributed by atoms with E-state index in [0.717, 1.165) is 57.8 Å². The SMILES string of the molecule is CCC/C=C\C/C=C\CCCCCCCCOCC(COP(=O)(O)OCC(O)CO)OC(=O)CCCCCCCCCCCCCCC. The number of esters is 1. The van der Waals surface area contributed by atoms with Crippen LogP contribution in [0.15, 0.2) is 24.3 Å². The summed E-state index contributed by atoms with van der Waals surface area (Å²) in [6.07, 6.45) is 34.1. The van der Waals surface area contributed by atoms with Crippen molar-refractivity contribution in [1.29, 1.82) is 0 Å². The lowest BCUT2D eigenvalue weighted by Crippen LogP contribution is -2.29. The van der Waals surface area contributed by atoms with Crippen molar-refractivity contribution >= 4 is 13.8 Å². The minimum absolute atomic E-state index is 0.0452. The van der Waals surface area contributed by atoms with Crippen molar-refractivity contribution in [2.24, 2.45) is 0 Å². The Kier molecular flexibility index (Phi) is 35.0. The molecular formula is C38H73O9P. The molecule has 284 valence electrons. The van der Waals surface area contributed by atoms with Gasteiger partial charge in [-0.1, -0.05) is 147 Å². The van der Waals surface area contributed by atoms with Gasteiger partial charge in [-0.15, -0.1) is 0 Å². The number of phosphoric ester groups is 1. The zero-order valence-electron chi connectivity index (χ0n) is 30.7. The Morgan fingerprint density at radius 2 is 1.17 bits per heavy atom. The van der Waals surface area contributed by atoms with Crippen LogP contribution in [-0.4, -0.2) is 66.3 Å². The van der Waals surface area contributed by atoms with Gasteiger partial charge in [0.05, 0.1) is 26.4 Å². The van der Waals surface area contributed by atoms with E-state index in [0.29, 0.717) is 6.61 Å². The third kappa shape index (κ3) is 34.8. The first-order valence-corrected chi connectivity index (χ1v) is 20.8. The Morgan fingerprint density at radius 3 is 1.75 bits per heavy atom. The van der Waals surface area contributed by atoms with Gasteiger partial charge in [-0.25, -0.2) is 4.57 Å². The van der Waals surface area contributed by atoms with Crippen LogP contribution in [0.3, 0.4) is 0 Å². The monoisotopic (exact) mass is 704 g/mol. The van der Waals surface area contributed by atoms with Gasteiger partial charge in [0, 0.05) is 13.0 Å². The third-order valence-electron chi connectivity index (χ3n) is 8.12. The first kappa shape index (κ1) is 46.9. The molecule has 0 fully saturated rings. The second kappa shape index (κ2) is 35.8. The molecule has 3 unspecified atom stereocenters. The molecule has 0 radical (unpaired) electrons. The van der Waals surface area contributed by atoms with Crippen molar-refractivity contribution < 1.29 is 43.0 Å². The van der Waals surface area contributed by atoms with Crippen LogP contribution in [0.5, 0.6) is 0 Å². The maximum atomic E-state index is 12.5. The molecule has 0 amide bonds. The molecule has 3 N–H and O–H groups in total. The van der Waals surface area contributed by atoms with Crippen LogP contribution in [-0.2, 0) is 27.9 Å². The zero-order valence-corrected chi connectivity index (χ0v) is 31.6. The Hall–Kier alpha value is -1.06. The van der Waals surface area contributed by atoms with E-state index in [1.807, 2.05) is 0 Å². The number of carbonyl (C=O) groups is 1. The molecular weight excluding hydrogens is 631 g/mol. The highest BCUT2D eigenvalue weighted by Crippen LogP contribution is 2.43. The van der Waals surface area contributed by atoms with Gasteiger partial charge in [0.2, 0.25) is 0 Å². The van der Waals surface area contributed by atoms with Gasteiger partial charge in [-0.2, -0.15) is 0 Å². The second-order valence-electron chi connectivity index (χ2n) is 13.0. The minimum Gasteiger partial charge on any atom is -0.457 e. The fourth-order valence-electron chi connectivity index (χ4n) is 5.16. The number of phosphoric acid groups is 1. The predicted octanol–water partition coefficient (Wildman–Crippen LogP) is 9.92. The Bertz CT molecular complexity index is 805. The molecule has 0 aliphatic heterocycles. The molecule has 10 heteroatoms. The largest absolute Gasteiger partial charge is 0.472 e. The van der Waals surface area contributed by atoms with E-state index in [-0.39, 0.29) is 25.6 Å². The molecule has 0 aromatic heterocycles. The fraction of sp³-hybridized carbons (Fsp3) is 0.868. The van der Waals surface area contributed by atoms with Crippen molar-refractivity contribution in [2.75, 3.05) is 33.0 Å². The highest BCUT2D eigenvalue weighted by Gasteiger charge is 2.26. The number of hydrogen-bond acceptors (Lipinski definition) is 8. The molecule has 0 aliphatic rings. The highest BCUT2D eigenvalue weighted by molar-refractivity contribution is 7.47. The molecule has 3 atom stereocenters. The summed E-state index contributed by atoms with van der Waals surface area (Å²) in [5.41, 5.74) is 0. The number of carbonyl (C=O) groups excluding carboxylic acids is 1. The summed E-state index contributed by atoms with van der Waals surface area (Å²) in [5, 5.41) is 18.3. The maximum absolute atomic E-state index is 12.5. The molecule has 0 aromatic rings. The third-order valence-corrected chi connectivity index (χ3v) is 9.07. The number of rotatable bonds is 37. The minimum atomic E-state index is -4.51. The summed E-state index contributed by atoms with van der Waals surface area (Å²) in [4.78, 5) is 22.5. The van der Waals surface area contributed by atoms with E-state index in [1.165, 1.54) is 89.9 Å². The average Bonchev–Trinajstić information content (AvgIpc) is 3.07. The molecule has 0 aliphatic carbocycles. The van der Waals surface area contributed by atoms with Crippen molar-refractivity contribution in [1.82, 2.24) is 0 Å². The smallest absolute Gasteiger partial charge is 0.457 e. The molecule has 0 heterocycles. The summed E-state index contributed by atoms with van der Waals surface area (Å²) in [7, 11) is -4.51. The number of aliphatic hydroxyl groups is 2. The van der Waals surface area contributed by atoms with Crippen molar-refractivity contribution in [2.45, 2.75) is 180 Å². The van der Waals surface area contributed by atoms with E-state index in [2.05, 4.69) is 38.2 Å². The van der Waals surface area contributed by atoms with Gasteiger partial charge in [-0.3, -0.25) is 13.8 Å². The van der Waals surface area contributed by atoms with Crippen LogP contribution in [0.2, 0.25) is 0 Å². The molecule has 0 aromatic carbocycles. The topological polar surface area (TPSA) is 132 Å². The summed E-state index contributed by atoms with van der Waals surface area (Å²) in [5.74, 6) is -0.387. The van der Waals surface area contributed by atoms with E-state index < -0.39 is 33.2 Å². The lowest BCUT2D eigenvalue weighted by molar-refractivity contribution is -0.154. The molecule has 0 bridgehead atoms. The molecule has 9 nitrogen and oxygen atoms in total. The van der Waals surface area contributed by atoms with Crippen molar-refractivity contribution in [3.63, 3.8) is 0 Å². The van der Waals surface area contributed by atoms with Gasteiger partial charge in [0.25, 0.3) is 0 Å². The molecule has 48 heavy (non-hydrogen) atoms. The summed E-state index contributed by atoms with van der Waals surface area (Å²) >= 11 is 0. The normalized spacial score (nSPS) is 14.5. The quantitative estimate of drug-likeness (QED) is 0.0250. The standard InChI is InChI=1S/C38H73O9P/c1-3-5-7-9-11-13-15-17-19-21-23-25-27-29-31-44-34-37(35-46-48(42,43)45-33-36(40)32-39)47-38(41)30-28-26-24-22-20-18-16-14-12-10-8-6-4-2/h7,9,13,15,36-37,39-40H,3-6,8,10-12,14,16-35H2,1-2H3,(H,42,43)/b9-7-,15-13-. The van der Waals surface area contributed by atoms with Crippen LogP contribution in [0.1, 0.15) is 168 Å². The first-order chi connectivity index (χ1) is 23.3. The fourth-order valence-corrected chi connectivity index (χ4v) is 5.95. The summed E-state index contributed by atoms with van der Waals surface area (Å²) in [6, 6.07) is 0. The van der Waals surface area contributed by atoms with Crippen LogP contribution in [0, 0.1) is 0 Å². The van der Waals surface area contributed by atoms with E-state index in [4.69, 9.17) is 23.6 Å². The number of unbranched alkanes of at least 4 members (excludes halogenated alkanes) is 19. The van der Waals surface area contributed by atoms with Gasteiger partial charge in [0.15, 0.2) is 0 Å². The number of allylic oxidation sites excluding steroid dienone is 4. The van der Waals surface area contributed by atoms with Gasteiger partial charge in [-0.05, 0) is 38.5 Å². The number of ether oxygens (including phenoxy) is 2. The number of aliphatic hydroxyl groups excluding tert-OH is 2. The lowest BCUT2D eigenvalue weighted by Gasteiger charge is -2.20. The highest BCUT2D eigenvalue weighted by atomic mass is 31.2. The molecule has 0 saturated heterocycles. The van der Waals surface area contributed by atoms with Crippen LogP contribution in [0.4, 0.5) is 0 Å². The van der Waals surface area contributed by atoms with Gasteiger partial charge in [0.1, 0.15) is 12.2 Å². The van der Waals surface area contributed by atoms with Crippen molar-refractivity contribution in [3.05, 3.63) is 24.3 Å². The van der Waals surface area contributed by atoms with Crippen LogP contribution >= 0.6 is 7.82 Å². The molecule has 0 spiro atoms. The van der Waals surface area contributed by atoms with Gasteiger partial charge >= 0.3 is 13.8 Å². The van der Waals surface area contributed by atoms with Crippen LogP contribution < -0.4 is 0 Å². The Labute approximate surface area is 293 Å². The Balaban J connectivity index is 4.23. The van der Waals surface area contributed by atoms with Gasteiger partial charge < -0.3 is 24.6 Å². The summed E-state index contributed by atoms with van der Waals surface area (Å²) < 4.78 is 33.2. The Morgan fingerprint density at radius 1 is 0.646 bits per heavy atom. The number of hydrogen-bond donors (Lipinski definition) is 3. The van der Waals surface area contributed by atoms with Crippen LogP contribution in [0.25, 0.3) is 0 Å². The van der Waals surface area contributed by atoms with E-state index >= 15 is 0 Å². The molecule has 0 saturated carbocycles.